The van der Waals surface area contributed by atoms with Crippen molar-refractivity contribution in [3.63, 3.8) is 0 Å². The van der Waals surface area contributed by atoms with Gasteiger partial charge in [-0.2, -0.15) is 0 Å². The summed E-state index contributed by atoms with van der Waals surface area (Å²) in [4.78, 5) is 23.0. The Hall–Kier alpha value is -2.57. The summed E-state index contributed by atoms with van der Waals surface area (Å²) < 4.78 is 5.84. The zero-order valence-electron chi connectivity index (χ0n) is 18.2. The number of aromatic amines is 1. The second-order valence-electron chi connectivity index (χ2n) is 7.22. The number of nitrogens with zero attached hydrogens (tertiary/aromatic N) is 2. The third-order valence-corrected chi connectivity index (χ3v) is 5.67. The van der Waals surface area contributed by atoms with Crippen molar-refractivity contribution in [2.75, 3.05) is 19.7 Å². The molecule has 1 atom stereocenters. The molecular formula is C23H29ClN4O2. The number of carbonyl (C=O) groups excluding carboxylic acids is 1. The van der Waals surface area contributed by atoms with E-state index in [4.69, 9.17) is 16.3 Å². The van der Waals surface area contributed by atoms with Gasteiger partial charge in [0, 0.05) is 10.6 Å². The number of H-pyrrole nitrogens is 1. The van der Waals surface area contributed by atoms with Crippen LogP contribution < -0.4 is 10.1 Å². The average Bonchev–Trinajstić information content (AvgIpc) is 3.11. The van der Waals surface area contributed by atoms with Crippen molar-refractivity contribution in [3.05, 3.63) is 46.5 Å². The third kappa shape index (κ3) is 4.60. The van der Waals surface area contributed by atoms with E-state index in [2.05, 4.69) is 34.0 Å². The molecule has 3 aromatic rings. The molecular weight excluding hydrogens is 400 g/mol. The molecule has 6 nitrogen and oxygen atoms in total. The van der Waals surface area contributed by atoms with Crippen molar-refractivity contribution in [3.8, 4) is 17.1 Å². The van der Waals surface area contributed by atoms with Gasteiger partial charge in [-0.3, -0.25) is 9.69 Å². The molecule has 7 heteroatoms. The molecule has 0 aliphatic heterocycles. The van der Waals surface area contributed by atoms with E-state index in [1.54, 1.807) is 12.1 Å². The second-order valence-corrected chi connectivity index (χ2v) is 7.63. The molecule has 2 aromatic carbocycles. The van der Waals surface area contributed by atoms with Crippen LogP contribution in [0.25, 0.3) is 22.4 Å². The standard InChI is InChI=1S/C23H29ClN4O2/c1-6-28(7-2)15(5)25-23(29)16-9-10-17(21(12-16)30-8-3)22-26-19-11-14(4)18(24)13-20(19)27-22/h9-13,15H,6-8H2,1-5H3,(H,25,29)(H,26,27). The SMILES string of the molecule is CCOc1cc(C(=O)NC(C)N(CC)CC)ccc1-c1nc2cc(Cl)c(C)cc2[nH]1. The van der Waals surface area contributed by atoms with Crippen LogP contribution >= 0.6 is 11.6 Å². The predicted octanol–water partition coefficient (Wildman–Crippen LogP) is 5.01. The molecule has 0 fully saturated rings. The molecule has 1 aromatic heterocycles. The van der Waals surface area contributed by atoms with E-state index < -0.39 is 0 Å². The predicted molar refractivity (Wildman–Crippen MR) is 122 cm³/mol. The summed E-state index contributed by atoms with van der Waals surface area (Å²) in [7, 11) is 0. The van der Waals surface area contributed by atoms with Gasteiger partial charge in [-0.05, 0) is 69.8 Å². The maximum Gasteiger partial charge on any atom is 0.252 e. The molecule has 0 aliphatic carbocycles. The second kappa shape index (κ2) is 9.49. The van der Waals surface area contributed by atoms with Gasteiger partial charge in [0.15, 0.2) is 0 Å². The lowest BCUT2D eigenvalue weighted by atomic mass is 10.1. The number of imidazole rings is 1. The average molecular weight is 429 g/mol. The van der Waals surface area contributed by atoms with Gasteiger partial charge in [0.1, 0.15) is 11.6 Å². The van der Waals surface area contributed by atoms with E-state index in [9.17, 15) is 4.79 Å². The van der Waals surface area contributed by atoms with Crippen molar-refractivity contribution >= 4 is 28.5 Å². The Bertz CT molecular complexity index is 1000. The molecule has 1 unspecified atom stereocenters. The lowest BCUT2D eigenvalue weighted by molar-refractivity contribution is 0.0874. The minimum atomic E-state index is -0.131. The number of hydrogen-bond acceptors (Lipinski definition) is 4. The summed E-state index contributed by atoms with van der Waals surface area (Å²) >= 11 is 6.24. The highest BCUT2D eigenvalue weighted by Gasteiger charge is 2.18. The highest BCUT2D eigenvalue weighted by Crippen LogP contribution is 2.32. The van der Waals surface area contributed by atoms with Gasteiger partial charge in [-0.25, -0.2) is 4.98 Å². The summed E-state index contributed by atoms with van der Waals surface area (Å²) in [6.45, 7) is 12.3. The third-order valence-electron chi connectivity index (χ3n) is 5.26. The zero-order chi connectivity index (χ0) is 21.8. The molecule has 30 heavy (non-hydrogen) atoms. The maximum atomic E-state index is 12.8. The van der Waals surface area contributed by atoms with Gasteiger partial charge in [0.25, 0.3) is 5.91 Å². The van der Waals surface area contributed by atoms with Crippen LogP contribution in [-0.4, -0.2) is 46.6 Å². The largest absolute Gasteiger partial charge is 0.493 e. The molecule has 0 aliphatic rings. The Balaban J connectivity index is 1.93. The molecule has 1 amide bonds. The fourth-order valence-electron chi connectivity index (χ4n) is 3.54. The van der Waals surface area contributed by atoms with Gasteiger partial charge in [-0.15, -0.1) is 0 Å². The summed E-state index contributed by atoms with van der Waals surface area (Å²) in [5.41, 5.74) is 4.03. The topological polar surface area (TPSA) is 70.2 Å². The van der Waals surface area contributed by atoms with Gasteiger partial charge in [-0.1, -0.05) is 25.4 Å². The molecule has 0 radical (unpaired) electrons. The maximum absolute atomic E-state index is 12.8. The van der Waals surface area contributed by atoms with Gasteiger partial charge in [0.2, 0.25) is 0 Å². The number of ether oxygens (including phenoxy) is 1. The lowest BCUT2D eigenvalue weighted by Crippen LogP contribution is -2.46. The van der Waals surface area contributed by atoms with Crippen molar-refractivity contribution in [2.45, 2.75) is 40.8 Å². The fourth-order valence-corrected chi connectivity index (χ4v) is 3.69. The Kier molecular flexibility index (Phi) is 7.00. The van der Waals surface area contributed by atoms with E-state index in [0.29, 0.717) is 28.8 Å². The van der Waals surface area contributed by atoms with Crippen molar-refractivity contribution < 1.29 is 9.53 Å². The molecule has 160 valence electrons. The van der Waals surface area contributed by atoms with Crippen LogP contribution in [0.4, 0.5) is 0 Å². The van der Waals surface area contributed by atoms with Crippen LogP contribution in [0.3, 0.4) is 0 Å². The van der Waals surface area contributed by atoms with Crippen LogP contribution in [0.2, 0.25) is 5.02 Å². The molecule has 0 saturated heterocycles. The number of amides is 1. The van der Waals surface area contributed by atoms with E-state index >= 15 is 0 Å². The molecule has 0 saturated carbocycles. The summed E-state index contributed by atoms with van der Waals surface area (Å²) in [6.07, 6.45) is -0.0499. The summed E-state index contributed by atoms with van der Waals surface area (Å²) in [6, 6.07) is 9.27. The number of carbonyl (C=O) groups is 1. The van der Waals surface area contributed by atoms with Crippen LogP contribution in [0.1, 0.15) is 43.6 Å². The van der Waals surface area contributed by atoms with E-state index in [1.807, 2.05) is 39.0 Å². The number of rotatable bonds is 8. The first-order valence-electron chi connectivity index (χ1n) is 10.4. The highest BCUT2D eigenvalue weighted by atomic mass is 35.5. The Morgan fingerprint density at radius 2 is 1.97 bits per heavy atom. The lowest BCUT2D eigenvalue weighted by Gasteiger charge is -2.27. The number of fused-ring (bicyclic) bond motifs is 1. The van der Waals surface area contributed by atoms with E-state index in [0.717, 1.165) is 35.2 Å². The quantitative estimate of drug-likeness (QED) is 0.495. The monoisotopic (exact) mass is 428 g/mol. The normalized spacial score (nSPS) is 12.4. The number of nitrogens with one attached hydrogen (secondary N) is 2. The van der Waals surface area contributed by atoms with Crippen LogP contribution in [-0.2, 0) is 0 Å². The minimum Gasteiger partial charge on any atom is -0.493 e. The van der Waals surface area contributed by atoms with E-state index in [1.165, 1.54) is 0 Å². The number of aryl methyl sites for hydroxylation is 1. The zero-order valence-corrected chi connectivity index (χ0v) is 18.9. The molecule has 0 bridgehead atoms. The van der Waals surface area contributed by atoms with Crippen molar-refractivity contribution in [2.24, 2.45) is 0 Å². The smallest absolute Gasteiger partial charge is 0.252 e. The molecule has 3 rings (SSSR count). The first-order valence-corrected chi connectivity index (χ1v) is 10.7. The highest BCUT2D eigenvalue weighted by molar-refractivity contribution is 6.32. The Labute approximate surface area is 182 Å². The summed E-state index contributed by atoms with van der Waals surface area (Å²) in [5, 5.41) is 3.73. The van der Waals surface area contributed by atoms with Crippen LogP contribution in [0.15, 0.2) is 30.3 Å². The number of aromatic nitrogens is 2. The van der Waals surface area contributed by atoms with Crippen molar-refractivity contribution in [1.82, 2.24) is 20.2 Å². The first-order chi connectivity index (χ1) is 14.4. The van der Waals surface area contributed by atoms with Crippen LogP contribution in [0.5, 0.6) is 5.75 Å². The Morgan fingerprint density at radius 1 is 1.23 bits per heavy atom. The molecule has 0 spiro atoms. The number of benzene rings is 2. The molecule has 1 heterocycles. The van der Waals surface area contributed by atoms with Gasteiger partial charge in [0.05, 0.1) is 29.4 Å². The number of hydrogen-bond donors (Lipinski definition) is 2. The Morgan fingerprint density at radius 3 is 2.63 bits per heavy atom. The van der Waals surface area contributed by atoms with Crippen molar-refractivity contribution in [1.29, 1.82) is 0 Å². The van der Waals surface area contributed by atoms with Gasteiger partial charge >= 0.3 is 0 Å². The van der Waals surface area contributed by atoms with E-state index in [-0.39, 0.29) is 12.1 Å². The first kappa shape index (κ1) is 22.1. The van der Waals surface area contributed by atoms with Gasteiger partial charge < -0.3 is 15.0 Å². The van der Waals surface area contributed by atoms with Crippen LogP contribution in [0, 0.1) is 6.92 Å². The minimum absolute atomic E-state index is 0.0499. The fraction of sp³-hybridized carbons (Fsp3) is 0.391. The molecule has 2 N–H and O–H groups in total. The summed E-state index contributed by atoms with van der Waals surface area (Å²) in [5.74, 6) is 1.16. The number of halogens is 1.